The van der Waals surface area contributed by atoms with Crippen molar-refractivity contribution in [3.8, 4) is 0 Å². The molecule has 0 atom stereocenters. The van der Waals surface area contributed by atoms with Gasteiger partial charge in [-0.25, -0.2) is 21.6 Å². The van der Waals surface area contributed by atoms with E-state index in [9.17, 15) is 26.4 Å². The first-order valence-electron chi connectivity index (χ1n) is 8.21. The van der Waals surface area contributed by atoms with Gasteiger partial charge in [-0.1, -0.05) is 12.1 Å². The van der Waals surface area contributed by atoms with Crippen LogP contribution < -0.4 is 0 Å². The molecule has 0 bridgehead atoms. The van der Waals surface area contributed by atoms with E-state index in [4.69, 9.17) is 0 Å². The highest BCUT2D eigenvalue weighted by Crippen LogP contribution is 2.21. The maximum absolute atomic E-state index is 13.8. The molecule has 1 amide bonds. The van der Waals surface area contributed by atoms with Crippen molar-refractivity contribution in [2.75, 3.05) is 26.2 Å². The minimum Gasteiger partial charge on any atom is -0.336 e. The number of piperazine rings is 1. The zero-order valence-corrected chi connectivity index (χ0v) is 15.3. The van der Waals surface area contributed by atoms with Gasteiger partial charge in [0.05, 0.1) is 10.5 Å². The van der Waals surface area contributed by atoms with E-state index in [-0.39, 0.29) is 31.1 Å². The average molecular weight is 398 g/mol. The molecule has 1 saturated heterocycles. The summed E-state index contributed by atoms with van der Waals surface area (Å²) in [5.74, 6) is -5.44. The Kier molecular flexibility index (Phi) is 5.25. The van der Waals surface area contributed by atoms with Gasteiger partial charge in [-0.2, -0.15) is 4.31 Å². The van der Waals surface area contributed by atoms with Crippen LogP contribution >= 0.6 is 0 Å². The molecule has 0 aliphatic carbocycles. The van der Waals surface area contributed by atoms with E-state index in [0.717, 1.165) is 11.6 Å². The van der Waals surface area contributed by atoms with Gasteiger partial charge in [0.2, 0.25) is 10.0 Å². The molecule has 0 radical (unpaired) electrons. The first-order valence-corrected chi connectivity index (χ1v) is 9.65. The second kappa shape index (κ2) is 7.32. The summed E-state index contributed by atoms with van der Waals surface area (Å²) in [6, 6.07) is 8.05. The number of sulfonamides is 1. The normalized spacial score (nSPS) is 15.8. The molecular weight excluding hydrogens is 381 g/mol. The minimum atomic E-state index is -3.71. The standard InChI is InChI=1S/C18H17F3N2O3S/c1-12-3-2-4-13(11-12)27(25,26)23-9-7-22(8-10-23)18(24)14-5-6-15(19)17(21)16(14)20/h2-6,11H,7-10H2,1H3. The van der Waals surface area contributed by atoms with Crippen molar-refractivity contribution < 1.29 is 26.4 Å². The Morgan fingerprint density at radius 2 is 1.63 bits per heavy atom. The lowest BCUT2D eigenvalue weighted by atomic mass is 10.1. The fourth-order valence-corrected chi connectivity index (χ4v) is 4.45. The van der Waals surface area contributed by atoms with Crippen molar-refractivity contribution in [3.63, 3.8) is 0 Å². The second-order valence-corrected chi connectivity index (χ2v) is 8.17. The van der Waals surface area contributed by atoms with Gasteiger partial charge in [-0.3, -0.25) is 4.79 Å². The van der Waals surface area contributed by atoms with E-state index in [1.807, 2.05) is 0 Å². The van der Waals surface area contributed by atoms with E-state index in [0.29, 0.717) is 6.07 Å². The lowest BCUT2D eigenvalue weighted by Gasteiger charge is -2.34. The summed E-state index contributed by atoms with van der Waals surface area (Å²) in [5.41, 5.74) is 0.225. The van der Waals surface area contributed by atoms with Gasteiger partial charge in [-0.15, -0.1) is 0 Å². The maximum atomic E-state index is 13.8. The van der Waals surface area contributed by atoms with Crippen molar-refractivity contribution in [1.29, 1.82) is 0 Å². The van der Waals surface area contributed by atoms with Crippen LogP contribution in [0.2, 0.25) is 0 Å². The van der Waals surface area contributed by atoms with Crippen molar-refractivity contribution in [2.45, 2.75) is 11.8 Å². The van der Waals surface area contributed by atoms with Crippen LogP contribution in [0.5, 0.6) is 0 Å². The molecule has 1 aliphatic heterocycles. The number of nitrogens with zero attached hydrogens (tertiary/aromatic N) is 2. The third-order valence-electron chi connectivity index (χ3n) is 4.42. The summed E-state index contributed by atoms with van der Waals surface area (Å²) in [4.78, 5) is 13.8. The summed E-state index contributed by atoms with van der Waals surface area (Å²) in [5, 5.41) is 0. The molecule has 5 nitrogen and oxygen atoms in total. The Morgan fingerprint density at radius 3 is 2.26 bits per heavy atom. The van der Waals surface area contributed by atoms with Crippen molar-refractivity contribution in [3.05, 3.63) is 65.0 Å². The van der Waals surface area contributed by atoms with Gasteiger partial charge in [0.15, 0.2) is 17.5 Å². The van der Waals surface area contributed by atoms with E-state index in [1.54, 1.807) is 25.1 Å². The SMILES string of the molecule is Cc1cccc(S(=O)(=O)N2CCN(C(=O)c3ccc(F)c(F)c3F)CC2)c1. The van der Waals surface area contributed by atoms with E-state index >= 15 is 0 Å². The van der Waals surface area contributed by atoms with Gasteiger partial charge in [0, 0.05) is 26.2 Å². The average Bonchev–Trinajstić information content (AvgIpc) is 2.66. The molecule has 0 aromatic heterocycles. The van der Waals surface area contributed by atoms with Gasteiger partial charge < -0.3 is 4.90 Å². The van der Waals surface area contributed by atoms with Gasteiger partial charge >= 0.3 is 0 Å². The zero-order valence-electron chi connectivity index (χ0n) is 14.5. The largest absolute Gasteiger partial charge is 0.336 e. The molecule has 0 unspecified atom stereocenters. The molecule has 1 heterocycles. The predicted molar refractivity (Wildman–Crippen MR) is 92.2 cm³/mol. The molecular formula is C18H17F3N2O3S. The Hall–Kier alpha value is -2.39. The number of hydrogen-bond donors (Lipinski definition) is 0. The van der Waals surface area contributed by atoms with Crippen LogP contribution in [0.25, 0.3) is 0 Å². The molecule has 1 fully saturated rings. The summed E-state index contributed by atoms with van der Waals surface area (Å²) >= 11 is 0. The highest BCUT2D eigenvalue weighted by molar-refractivity contribution is 7.89. The molecule has 27 heavy (non-hydrogen) atoms. The number of amides is 1. The Labute approximate surface area is 155 Å². The number of carbonyl (C=O) groups is 1. The Morgan fingerprint density at radius 1 is 0.963 bits per heavy atom. The van der Waals surface area contributed by atoms with Crippen LogP contribution in [0, 0.1) is 24.4 Å². The van der Waals surface area contributed by atoms with Gasteiger partial charge in [-0.05, 0) is 36.8 Å². The van der Waals surface area contributed by atoms with Crippen molar-refractivity contribution in [2.24, 2.45) is 0 Å². The minimum absolute atomic E-state index is 0.0162. The van der Waals surface area contributed by atoms with Crippen LogP contribution in [0.3, 0.4) is 0 Å². The smallest absolute Gasteiger partial charge is 0.257 e. The fourth-order valence-electron chi connectivity index (χ4n) is 2.92. The lowest BCUT2D eigenvalue weighted by molar-refractivity contribution is 0.0691. The number of rotatable bonds is 3. The first-order chi connectivity index (χ1) is 12.7. The number of halogens is 3. The van der Waals surface area contributed by atoms with E-state index < -0.39 is 38.9 Å². The zero-order chi connectivity index (χ0) is 19.8. The van der Waals surface area contributed by atoms with Gasteiger partial charge in [0.25, 0.3) is 5.91 Å². The third-order valence-corrected chi connectivity index (χ3v) is 6.31. The van der Waals surface area contributed by atoms with Crippen molar-refractivity contribution >= 4 is 15.9 Å². The Bertz CT molecular complexity index is 987. The monoisotopic (exact) mass is 398 g/mol. The number of carbonyl (C=O) groups excluding carboxylic acids is 1. The van der Waals surface area contributed by atoms with Crippen LogP contribution in [0.1, 0.15) is 15.9 Å². The van der Waals surface area contributed by atoms with E-state index in [2.05, 4.69) is 0 Å². The first kappa shape index (κ1) is 19.4. The number of benzene rings is 2. The fraction of sp³-hybridized carbons (Fsp3) is 0.278. The topological polar surface area (TPSA) is 57.7 Å². The molecule has 0 saturated carbocycles. The highest BCUT2D eigenvalue weighted by atomic mass is 32.2. The summed E-state index contributed by atoms with van der Waals surface area (Å²) in [6.45, 7) is 1.86. The molecule has 0 spiro atoms. The maximum Gasteiger partial charge on any atom is 0.257 e. The lowest BCUT2D eigenvalue weighted by Crippen LogP contribution is -2.50. The van der Waals surface area contributed by atoms with E-state index in [1.165, 1.54) is 15.3 Å². The van der Waals surface area contributed by atoms with Crippen LogP contribution in [0.4, 0.5) is 13.2 Å². The van der Waals surface area contributed by atoms with Crippen molar-refractivity contribution in [1.82, 2.24) is 9.21 Å². The summed E-state index contributed by atoms with van der Waals surface area (Å²) in [7, 11) is -3.71. The molecule has 144 valence electrons. The summed E-state index contributed by atoms with van der Waals surface area (Å²) in [6.07, 6.45) is 0. The predicted octanol–water partition coefficient (Wildman–Crippen LogP) is 2.56. The molecule has 0 N–H and O–H groups in total. The number of hydrogen-bond acceptors (Lipinski definition) is 3. The number of aryl methyl sites for hydroxylation is 1. The third kappa shape index (κ3) is 3.70. The molecule has 3 rings (SSSR count). The van der Waals surface area contributed by atoms with Crippen LogP contribution in [-0.4, -0.2) is 49.7 Å². The molecule has 1 aliphatic rings. The molecule has 9 heteroatoms. The van der Waals surface area contributed by atoms with Crippen LogP contribution in [-0.2, 0) is 10.0 Å². The molecule has 2 aromatic rings. The Balaban J connectivity index is 1.74. The van der Waals surface area contributed by atoms with Gasteiger partial charge in [0.1, 0.15) is 0 Å². The highest BCUT2D eigenvalue weighted by Gasteiger charge is 2.31. The second-order valence-electron chi connectivity index (χ2n) is 6.24. The summed E-state index contributed by atoms with van der Waals surface area (Å²) < 4.78 is 66.8. The van der Waals surface area contributed by atoms with Crippen LogP contribution in [0.15, 0.2) is 41.3 Å². The quantitative estimate of drug-likeness (QED) is 0.747. The molecule has 2 aromatic carbocycles.